The predicted molar refractivity (Wildman–Crippen MR) is 120 cm³/mol. The highest BCUT2D eigenvalue weighted by molar-refractivity contribution is 5.97. The molecule has 0 atom stereocenters. The minimum atomic E-state index is -0.268. The molecule has 0 aliphatic carbocycles. The Morgan fingerprint density at radius 3 is 2.62 bits per heavy atom. The third kappa shape index (κ3) is 3.01. The van der Waals surface area contributed by atoms with Gasteiger partial charge in [0.1, 0.15) is 17.8 Å². The van der Waals surface area contributed by atoms with Gasteiger partial charge in [0, 0.05) is 28.9 Å². The molecule has 0 unspecified atom stereocenters. The van der Waals surface area contributed by atoms with Crippen molar-refractivity contribution in [1.82, 2.24) is 35.1 Å². The van der Waals surface area contributed by atoms with E-state index >= 15 is 0 Å². The molecule has 0 amide bonds. The lowest BCUT2D eigenvalue weighted by molar-refractivity contribution is 0.627. The highest BCUT2D eigenvalue weighted by Gasteiger charge is 2.16. The molecule has 32 heavy (non-hydrogen) atoms. The molecule has 8 heteroatoms. The van der Waals surface area contributed by atoms with Crippen LogP contribution in [0.1, 0.15) is 5.56 Å². The van der Waals surface area contributed by atoms with Gasteiger partial charge in [-0.25, -0.2) is 19.3 Å². The number of nitrogens with one attached hydrogen (secondary N) is 2. The smallest absolute Gasteiger partial charge is 0.159 e. The highest BCUT2D eigenvalue weighted by Crippen LogP contribution is 2.33. The number of imidazole rings is 1. The van der Waals surface area contributed by atoms with Gasteiger partial charge in [-0.3, -0.25) is 10.1 Å². The Kier molecular flexibility index (Phi) is 4.04. The van der Waals surface area contributed by atoms with Crippen molar-refractivity contribution in [3.8, 4) is 33.9 Å². The first-order valence-corrected chi connectivity index (χ1v) is 10.0. The standard InChI is InChI=1S/C24H16FN7/c1-13-5-14(7-16(25)6-13)17-3-2-4-19-22(17)30-24(29-19)23-18-8-20(15-9-26-12-27-10-15)28-11-21(18)31-32-23/h2-12H,1H3,(H,29,30)(H,31,32). The number of nitrogens with zero attached hydrogens (tertiary/aromatic N) is 5. The number of rotatable bonds is 3. The quantitative estimate of drug-likeness (QED) is 0.416. The van der Waals surface area contributed by atoms with Gasteiger partial charge in [-0.1, -0.05) is 18.2 Å². The molecule has 0 aliphatic rings. The van der Waals surface area contributed by atoms with Crippen molar-refractivity contribution < 1.29 is 4.39 Å². The minimum absolute atomic E-state index is 0.268. The lowest BCUT2D eigenvalue weighted by atomic mass is 10.0. The summed E-state index contributed by atoms with van der Waals surface area (Å²) >= 11 is 0. The first kappa shape index (κ1) is 18.3. The van der Waals surface area contributed by atoms with Crippen LogP contribution < -0.4 is 0 Å². The minimum Gasteiger partial charge on any atom is -0.337 e. The van der Waals surface area contributed by atoms with Crippen LogP contribution in [0.2, 0.25) is 0 Å². The van der Waals surface area contributed by atoms with Gasteiger partial charge in [0.2, 0.25) is 0 Å². The van der Waals surface area contributed by atoms with Gasteiger partial charge in [-0.2, -0.15) is 5.10 Å². The maximum Gasteiger partial charge on any atom is 0.159 e. The van der Waals surface area contributed by atoms with Crippen molar-refractivity contribution in [2.45, 2.75) is 6.92 Å². The van der Waals surface area contributed by atoms with E-state index in [-0.39, 0.29) is 5.82 Å². The van der Waals surface area contributed by atoms with Crippen molar-refractivity contribution in [2.75, 3.05) is 0 Å². The number of aromatic nitrogens is 7. The molecule has 6 aromatic rings. The number of aryl methyl sites for hydroxylation is 1. The average molecular weight is 421 g/mol. The number of aromatic amines is 2. The van der Waals surface area contributed by atoms with E-state index < -0.39 is 0 Å². The molecule has 0 radical (unpaired) electrons. The Hall–Kier alpha value is -4.46. The van der Waals surface area contributed by atoms with Gasteiger partial charge in [0.25, 0.3) is 0 Å². The number of fused-ring (bicyclic) bond motifs is 2. The second-order valence-electron chi connectivity index (χ2n) is 7.62. The lowest BCUT2D eigenvalue weighted by Gasteiger charge is -2.04. The molecule has 2 N–H and O–H groups in total. The molecule has 4 heterocycles. The van der Waals surface area contributed by atoms with Gasteiger partial charge in [0.05, 0.1) is 28.4 Å². The highest BCUT2D eigenvalue weighted by atomic mass is 19.1. The Labute approximate surface area is 181 Å². The first-order valence-electron chi connectivity index (χ1n) is 10.0. The molecule has 0 saturated heterocycles. The fourth-order valence-corrected chi connectivity index (χ4v) is 3.96. The number of halogens is 1. The zero-order valence-electron chi connectivity index (χ0n) is 17.0. The summed E-state index contributed by atoms with van der Waals surface area (Å²) in [6.45, 7) is 1.88. The molecule has 6 rings (SSSR count). The summed E-state index contributed by atoms with van der Waals surface area (Å²) in [7, 11) is 0. The average Bonchev–Trinajstić information content (AvgIpc) is 3.42. The summed E-state index contributed by atoms with van der Waals surface area (Å²) in [5, 5.41) is 8.37. The van der Waals surface area contributed by atoms with Gasteiger partial charge in [-0.15, -0.1) is 0 Å². The number of hydrogen-bond acceptors (Lipinski definition) is 5. The van der Waals surface area contributed by atoms with Crippen molar-refractivity contribution in [3.05, 3.63) is 78.8 Å². The normalized spacial score (nSPS) is 11.4. The van der Waals surface area contributed by atoms with Crippen LogP contribution in [0.25, 0.3) is 55.8 Å². The van der Waals surface area contributed by atoms with E-state index in [9.17, 15) is 4.39 Å². The summed E-state index contributed by atoms with van der Waals surface area (Å²) in [6, 6.07) is 12.8. The molecule has 0 spiro atoms. The van der Waals surface area contributed by atoms with Gasteiger partial charge < -0.3 is 4.98 Å². The van der Waals surface area contributed by atoms with Crippen LogP contribution in [0.3, 0.4) is 0 Å². The largest absolute Gasteiger partial charge is 0.337 e. The van der Waals surface area contributed by atoms with E-state index in [4.69, 9.17) is 4.98 Å². The summed E-state index contributed by atoms with van der Waals surface area (Å²) in [6.07, 6.45) is 6.65. The number of benzene rings is 2. The van der Waals surface area contributed by atoms with E-state index in [0.29, 0.717) is 11.5 Å². The molecular weight excluding hydrogens is 405 g/mol. The van der Waals surface area contributed by atoms with E-state index in [1.807, 2.05) is 37.3 Å². The molecule has 4 aromatic heterocycles. The topological polar surface area (TPSA) is 96.0 Å². The molecule has 154 valence electrons. The Balaban J connectivity index is 1.52. The zero-order chi connectivity index (χ0) is 21.7. The van der Waals surface area contributed by atoms with Crippen LogP contribution in [0.15, 0.2) is 67.4 Å². The molecule has 0 fully saturated rings. The molecular formula is C24H16FN7. The maximum atomic E-state index is 14.0. The summed E-state index contributed by atoms with van der Waals surface area (Å²) < 4.78 is 14.0. The van der Waals surface area contributed by atoms with Crippen LogP contribution in [-0.4, -0.2) is 35.1 Å². The fraction of sp³-hybridized carbons (Fsp3) is 0.0417. The van der Waals surface area contributed by atoms with Crippen molar-refractivity contribution in [1.29, 1.82) is 0 Å². The zero-order valence-corrected chi connectivity index (χ0v) is 17.0. The molecule has 7 nitrogen and oxygen atoms in total. The number of para-hydroxylation sites is 1. The summed E-state index contributed by atoms with van der Waals surface area (Å²) in [5.74, 6) is 0.351. The predicted octanol–water partition coefficient (Wildman–Crippen LogP) is 5.07. The van der Waals surface area contributed by atoms with E-state index in [1.165, 1.54) is 18.5 Å². The van der Waals surface area contributed by atoms with Crippen molar-refractivity contribution in [3.63, 3.8) is 0 Å². The van der Waals surface area contributed by atoms with Crippen LogP contribution in [-0.2, 0) is 0 Å². The van der Waals surface area contributed by atoms with Crippen LogP contribution in [0.4, 0.5) is 4.39 Å². The van der Waals surface area contributed by atoms with Crippen LogP contribution >= 0.6 is 0 Å². The molecule has 0 bridgehead atoms. The molecule has 2 aromatic carbocycles. The number of H-pyrrole nitrogens is 2. The van der Waals surface area contributed by atoms with Crippen molar-refractivity contribution >= 4 is 21.9 Å². The van der Waals surface area contributed by atoms with Gasteiger partial charge >= 0.3 is 0 Å². The second-order valence-corrected chi connectivity index (χ2v) is 7.62. The summed E-state index contributed by atoms with van der Waals surface area (Å²) in [5.41, 5.74) is 7.14. The number of hydrogen-bond donors (Lipinski definition) is 2. The van der Waals surface area contributed by atoms with Crippen LogP contribution in [0.5, 0.6) is 0 Å². The SMILES string of the molecule is Cc1cc(F)cc(-c2cccc3[nH]c(-c4n[nH]c5cnc(-c6cncnc6)cc45)nc23)c1. The van der Waals surface area contributed by atoms with Crippen LogP contribution in [0, 0.1) is 12.7 Å². The number of pyridine rings is 1. The monoisotopic (exact) mass is 421 g/mol. The van der Waals surface area contributed by atoms with E-state index in [1.54, 1.807) is 18.6 Å². The second kappa shape index (κ2) is 7.05. The van der Waals surface area contributed by atoms with Gasteiger partial charge in [-0.05, 0) is 42.3 Å². The van der Waals surface area contributed by atoms with E-state index in [2.05, 4.69) is 30.1 Å². The molecule has 0 aliphatic heterocycles. The van der Waals surface area contributed by atoms with E-state index in [0.717, 1.165) is 49.9 Å². The lowest BCUT2D eigenvalue weighted by Crippen LogP contribution is -1.87. The van der Waals surface area contributed by atoms with Crippen molar-refractivity contribution in [2.24, 2.45) is 0 Å². The fourth-order valence-electron chi connectivity index (χ4n) is 3.96. The Morgan fingerprint density at radius 1 is 0.906 bits per heavy atom. The third-order valence-electron chi connectivity index (χ3n) is 5.39. The summed E-state index contributed by atoms with van der Waals surface area (Å²) in [4.78, 5) is 20.8. The first-order chi connectivity index (χ1) is 15.7. The molecule has 0 saturated carbocycles. The third-order valence-corrected chi connectivity index (χ3v) is 5.39. The Bertz CT molecular complexity index is 1580. The maximum absolute atomic E-state index is 14.0. The Morgan fingerprint density at radius 2 is 1.78 bits per heavy atom. The van der Waals surface area contributed by atoms with Gasteiger partial charge in [0.15, 0.2) is 5.82 Å².